The summed E-state index contributed by atoms with van der Waals surface area (Å²) in [5.41, 5.74) is 0.179. The first-order valence-corrected chi connectivity index (χ1v) is 11.9. The standard InChI is InChI=1S/C27H40O5/c1-19(23(28)15-17-26(2,3)31-18-30-5)21-13-14-22-24(12-9-16-27(21,22)4)32-25(29)20-10-7-6-8-11-20/h6-8,10-11,15,17,19,21-24,28H,9,12-14,16,18H2,1-5H3/b17-15-/t19-,21+,22-,23-,24-,27+/m0/s1. The van der Waals surface area contributed by atoms with Crippen LogP contribution in [0.15, 0.2) is 42.5 Å². The van der Waals surface area contributed by atoms with Gasteiger partial charge in [0.15, 0.2) is 0 Å². The third kappa shape index (κ3) is 5.62. The second-order valence-corrected chi connectivity index (χ2v) is 10.4. The fraction of sp³-hybridized carbons (Fsp3) is 0.667. The van der Waals surface area contributed by atoms with Crippen LogP contribution in [0.5, 0.6) is 0 Å². The highest BCUT2D eigenvalue weighted by Crippen LogP contribution is 2.58. The molecule has 1 N–H and O–H groups in total. The summed E-state index contributed by atoms with van der Waals surface area (Å²) in [7, 11) is 1.60. The maximum absolute atomic E-state index is 12.7. The molecule has 0 heterocycles. The van der Waals surface area contributed by atoms with Crippen LogP contribution in [-0.4, -0.2) is 42.8 Å². The van der Waals surface area contributed by atoms with Gasteiger partial charge < -0.3 is 19.3 Å². The number of fused-ring (bicyclic) bond motifs is 1. The highest BCUT2D eigenvalue weighted by Gasteiger charge is 2.54. The minimum atomic E-state index is -0.548. The first kappa shape index (κ1) is 24.9. The molecule has 0 aromatic heterocycles. The van der Waals surface area contributed by atoms with Crippen molar-refractivity contribution < 1.29 is 24.1 Å². The van der Waals surface area contributed by atoms with Gasteiger partial charge in [0.2, 0.25) is 0 Å². The molecule has 32 heavy (non-hydrogen) atoms. The zero-order valence-electron chi connectivity index (χ0n) is 20.3. The molecule has 2 saturated carbocycles. The van der Waals surface area contributed by atoms with Gasteiger partial charge in [0.25, 0.3) is 0 Å². The van der Waals surface area contributed by atoms with Crippen molar-refractivity contribution in [3.8, 4) is 0 Å². The summed E-state index contributed by atoms with van der Waals surface area (Å²) < 4.78 is 16.7. The molecule has 0 aliphatic heterocycles. The van der Waals surface area contributed by atoms with E-state index in [-0.39, 0.29) is 30.2 Å². The second kappa shape index (κ2) is 10.5. The maximum atomic E-state index is 12.7. The highest BCUT2D eigenvalue weighted by atomic mass is 16.7. The summed E-state index contributed by atoms with van der Waals surface area (Å²) in [6, 6.07) is 9.26. The lowest BCUT2D eigenvalue weighted by Crippen LogP contribution is -2.44. The largest absolute Gasteiger partial charge is 0.458 e. The van der Waals surface area contributed by atoms with Crippen molar-refractivity contribution in [2.75, 3.05) is 13.9 Å². The van der Waals surface area contributed by atoms with Crippen molar-refractivity contribution >= 4 is 5.97 Å². The number of carbonyl (C=O) groups excluding carboxylic acids is 1. The molecule has 2 fully saturated rings. The van der Waals surface area contributed by atoms with E-state index in [0.717, 1.165) is 32.1 Å². The molecule has 3 rings (SSSR count). The molecular formula is C27H40O5. The van der Waals surface area contributed by atoms with Crippen molar-refractivity contribution in [1.29, 1.82) is 0 Å². The number of esters is 1. The summed E-state index contributed by atoms with van der Waals surface area (Å²) in [6.45, 7) is 8.63. The van der Waals surface area contributed by atoms with Crippen LogP contribution in [0, 0.1) is 23.2 Å². The van der Waals surface area contributed by atoms with Crippen molar-refractivity contribution in [2.45, 2.75) is 77.6 Å². The number of carbonyl (C=O) groups is 1. The van der Waals surface area contributed by atoms with Gasteiger partial charge >= 0.3 is 5.97 Å². The molecule has 0 radical (unpaired) electrons. The minimum Gasteiger partial charge on any atom is -0.458 e. The van der Waals surface area contributed by atoms with E-state index >= 15 is 0 Å². The van der Waals surface area contributed by atoms with Crippen LogP contribution in [0.3, 0.4) is 0 Å². The Hall–Kier alpha value is -1.69. The summed E-state index contributed by atoms with van der Waals surface area (Å²) in [4.78, 5) is 12.7. The topological polar surface area (TPSA) is 65.0 Å². The zero-order chi connectivity index (χ0) is 23.4. The van der Waals surface area contributed by atoms with Gasteiger partial charge in [-0.3, -0.25) is 0 Å². The van der Waals surface area contributed by atoms with Crippen LogP contribution in [0.2, 0.25) is 0 Å². The molecule has 178 valence electrons. The average molecular weight is 445 g/mol. The Kier molecular flexibility index (Phi) is 8.18. The Morgan fingerprint density at radius 2 is 1.97 bits per heavy atom. The number of rotatable bonds is 9. The molecule has 0 bridgehead atoms. The smallest absolute Gasteiger partial charge is 0.338 e. The Morgan fingerprint density at radius 1 is 1.25 bits per heavy atom. The molecule has 5 heteroatoms. The molecule has 0 saturated heterocycles. The van der Waals surface area contributed by atoms with Gasteiger partial charge in [-0.1, -0.05) is 44.2 Å². The van der Waals surface area contributed by atoms with Gasteiger partial charge in [-0.15, -0.1) is 0 Å². The van der Waals surface area contributed by atoms with E-state index in [2.05, 4.69) is 13.8 Å². The van der Waals surface area contributed by atoms with Gasteiger partial charge in [0.1, 0.15) is 12.9 Å². The number of aliphatic hydroxyl groups is 1. The Bertz CT molecular complexity index is 774. The molecular weight excluding hydrogens is 404 g/mol. The third-order valence-electron chi connectivity index (χ3n) is 7.82. The Labute approximate surface area is 193 Å². The van der Waals surface area contributed by atoms with Crippen LogP contribution in [0.1, 0.15) is 70.2 Å². The van der Waals surface area contributed by atoms with E-state index < -0.39 is 11.7 Å². The van der Waals surface area contributed by atoms with Crippen LogP contribution < -0.4 is 0 Å². The number of aliphatic hydroxyl groups excluding tert-OH is 1. The monoisotopic (exact) mass is 444 g/mol. The van der Waals surface area contributed by atoms with Crippen LogP contribution in [0.25, 0.3) is 0 Å². The molecule has 6 atom stereocenters. The number of hydrogen-bond donors (Lipinski definition) is 1. The first-order valence-electron chi connectivity index (χ1n) is 11.9. The predicted molar refractivity (Wildman–Crippen MR) is 125 cm³/mol. The number of ether oxygens (including phenoxy) is 3. The minimum absolute atomic E-state index is 0.0484. The van der Waals surface area contributed by atoms with Crippen LogP contribution in [0.4, 0.5) is 0 Å². The quantitative estimate of drug-likeness (QED) is 0.315. The van der Waals surface area contributed by atoms with Crippen molar-refractivity contribution in [3.63, 3.8) is 0 Å². The summed E-state index contributed by atoms with van der Waals surface area (Å²) in [5, 5.41) is 11.0. The molecule has 0 unspecified atom stereocenters. The Morgan fingerprint density at radius 3 is 2.66 bits per heavy atom. The molecule has 2 aliphatic rings. The van der Waals surface area contributed by atoms with E-state index in [9.17, 15) is 9.90 Å². The number of hydrogen-bond acceptors (Lipinski definition) is 5. The molecule has 0 spiro atoms. The first-order chi connectivity index (χ1) is 15.2. The van der Waals surface area contributed by atoms with E-state index in [0.29, 0.717) is 17.4 Å². The van der Waals surface area contributed by atoms with E-state index in [1.807, 2.05) is 56.3 Å². The van der Waals surface area contributed by atoms with Crippen molar-refractivity contribution in [1.82, 2.24) is 0 Å². The number of benzene rings is 1. The van der Waals surface area contributed by atoms with Gasteiger partial charge in [-0.2, -0.15) is 0 Å². The summed E-state index contributed by atoms with van der Waals surface area (Å²) in [6.07, 6.45) is 8.37. The van der Waals surface area contributed by atoms with Gasteiger partial charge in [-0.25, -0.2) is 4.79 Å². The van der Waals surface area contributed by atoms with E-state index in [4.69, 9.17) is 14.2 Å². The lowest BCUT2D eigenvalue weighted by molar-refractivity contribution is -0.0924. The second-order valence-electron chi connectivity index (χ2n) is 10.4. The Balaban J connectivity index is 1.66. The van der Waals surface area contributed by atoms with Crippen molar-refractivity contribution in [3.05, 3.63) is 48.0 Å². The van der Waals surface area contributed by atoms with Gasteiger partial charge in [0, 0.05) is 13.0 Å². The molecule has 5 nitrogen and oxygen atoms in total. The predicted octanol–water partition coefficient (Wildman–Crippen LogP) is 5.38. The summed E-state index contributed by atoms with van der Waals surface area (Å²) in [5.74, 6) is 0.614. The average Bonchev–Trinajstić information content (AvgIpc) is 3.14. The van der Waals surface area contributed by atoms with Gasteiger partial charge in [-0.05, 0) is 75.3 Å². The molecule has 0 amide bonds. The molecule has 1 aromatic rings. The highest BCUT2D eigenvalue weighted by molar-refractivity contribution is 5.89. The SMILES string of the molecule is COCOC(C)(C)/C=C\[C@H](O)[C@@H](C)[C@H]1CC[C@H]2[C@@H](OC(=O)c3ccccc3)CCC[C@]12C. The van der Waals surface area contributed by atoms with Crippen LogP contribution in [-0.2, 0) is 14.2 Å². The van der Waals surface area contributed by atoms with E-state index in [1.54, 1.807) is 7.11 Å². The third-order valence-corrected chi connectivity index (χ3v) is 7.82. The fourth-order valence-electron chi connectivity index (χ4n) is 5.95. The van der Waals surface area contributed by atoms with Crippen molar-refractivity contribution in [2.24, 2.45) is 23.2 Å². The molecule has 2 aliphatic carbocycles. The fourth-order valence-corrected chi connectivity index (χ4v) is 5.95. The zero-order valence-corrected chi connectivity index (χ0v) is 20.3. The maximum Gasteiger partial charge on any atom is 0.338 e. The van der Waals surface area contributed by atoms with E-state index in [1.165, 1.54) is 0 Å². The lowest BCUT2D eigenvalue weighted by atomic mass is 9.61. The van der Waals surface area contributed by atoms with Crippen LogP contribution >= 0.6 is 0 Å². The molecule has 1 aromatic carbocycles. The lowest BCUT2D eigenvalue weighted by Gasteiger charge is -2.46. The number of methoxy groups -OCH3 is 1. The normalized spacial score (nSPS) is 30.1. The summed E-state index contributed by atoms with van der Waals surface area (Å²) >= 11 is 0. The van der Waals surface area contributed by atoms with Gasteiger partial charge in [0.05, 0.1) is 17.3 Å².